The van der Waals surface area contributed by atoms with Crippen molar-refractivity contribution >= 4 is 17.6 Å². The molecule has 2 nitrogen and oxygen atoms in total. The Morgan fingerprint density at radius 3 is 2.44 bits per heavy atom. The summed E-state index contributed by atoms with van der Waals surface area (Å²) in [5.41, 5.74) is -0.865. The number of carboxylic acids is 1. The van der Waals surface area contributed by atoms with Crippen LogP contribution in [0.2, 0.25) is 5.02 Å². The van der Waals surface area contributed by atoms with Crippen LogP contribution in [0.25, 0.3) is 0 Å². The van der Waals surface area contributed by atoms with Gasteiger partial charge in [0.15, 0.2) is 0 Å². The highest BCUT2D eigenvalue weighted by Gasteiger charge is 2.32. The lowest BCUT2D eigenvalue weighted by atomic mass is 10.1. The first kappa shape index (κ1) is 12.4. The van der Waals surface area contributed by atoms with Crippen molar-refractivity contribution in [2.75, 3.05) is 0 Å². The van der Waals surface area contributed by atoms with Gasteiger partial charge in [0.25, 0.3) is 0 Å². The van der Waals surface area contributed by atoms with E-state index in [0.717, 1.165) is 18.2 Å². The first-order chi connectivity index (χ1) is 7.30. The molecule has 0 atom stereocenters. The Morgan fingerprint density at radius 2 is 2.00 bits per heavy atom. The summed E-state index contributed by atoms with van der Waals surface area (Å²) in [4.78, 5) is 10.1. The van der Waals surface area contributed by atoms with E-state index < -0.39 is 22.7 Å². The van der Waals surface area contributed by atoms with Crippen molar-refractivity contribution in [1.82, 2.24) is 0 Å². The van der Waals surface area contributed by atoms with Gasteiger partial charge in [-0.15, -0.1) is 0 Å². The Bertz CT molecular complexity index is 483. The molecule has 0 spiro atoms. The first-order valence-electron chi connectivity index (χ1n) is 3.92. The molecule has 0 saturated carbocycles. The average Bonchev–Trinajstić information content (AvgIpc) is 2.12. The molecule has 0 heterocycles. The second kappa shape index (κ2) is 4.45. The molecule has 16 heavy (non-hydrogen) atoms. The van der Waals surface area contributed by atoms with Crippen LogP contribution in [0.5, 0.6) is 0 Å². The summed E-state index contributed by atoms with van der Waals surface area (Å²) >= 11 is 5.39. The van der Waals surface area contributed by atoms with Crippen molar-refractivity contribution in [3.63, 3.8) is 0 Å². The molecular weight excluding hydrogens is 245 g/mol. The van der Waals surface area contributed by atoms with Gasteiger partial charge in [0.05, 0.1) is 10.6 Å². The minimum Gasteiger partial charge on any atom is -0.472 e. The highest BCUT2D eigenvalue weighted by Crippen LogP contribution is 2.34. The Morgan fingerprint density at radius 1 is 1.38 bits per heavy atom. The zero-order valence-electron chi connectivity index (χ0n) is 7.60. The van der Waals surface area contributed by atoms with Crippen LogP contribution in [0, 0.1) is 11.8 Å². The van der Waals surface area contributed by atoms with Crippen LogP contribution in [0.15, 0.2) is 18.2 Å². The van der Waals surface area contributed by atoms with Crippen molar-refractivity contribution in [2.24, 2.45) is 0 Å². The molecule has 0 unspecified atom stereocenters. The van der Waals surface area contributed by atoms with Gasteiger partial charge in [-0.3, -0.25) is 0 Å². The maximum Gasteiger partial charge on any atom is 0.417 e. The Labute approximate surface area is 93.6 Å². The van der Waals surface area contributed by atoms with Gasteiger partial charge in [0, 0.05) is 11.5 Å². The fraction of sp³-hybridized carbons (Fsp3) is 0.100. The second-order valence-electron chi connectivity index (χ2n) is 2.75. The van der Waals surface area contributed by atoms with Gasteiger partial charge in [0.2, 0.25) is 0 Å². The molecule has 0 radical (unpaired) electrons. The highest BCUT2D eigenvalue weighted by molar-refractivity contribution is 6.31. The van der Waals surface area contributed by atoms with E-state index in [4.69, 9.17) is 16.7 Å². The van der Waals surface area contributed by atoms with Crippen molar-refractivity contribution in [2.45, 2.75) is 6.18 Å². The molecule has 1 aromatic carbocycles. The lowest BCUT2D eigenvalue weighted by Crippen LogP contribution is -2.05. The first-order valence-corrected chi connectivity index (χ1v) is 4.30. The number of rotatable bonds is 0. The van der Waals surface area contributed by atoms with E-state index in [1.165, 1.54) is 0 Å². The van der Waals surface area contributed by atoms with Gasteiger partial charge < -0.3 is 5.11 Å². The third kappa shape index (κ3) is 3.17. The molecule has 1 aromatic rings. The molecule has 6 heteroatoms. The Balaban J connectivity index is 3.11. The summed E-state index contributed by atoms with van der Waals surface area (Å²) in [6.07, 6.45) is -4.53. The molecule has 0 aliphatic carbocycles. The topological polar surface area (TPSA) is 37.3 Å². The minimum atomic E-state index is -4.53. The van der Waals surface area contributed by atoms with E-state index in [2.05, 4.69) is 5.92 Å². The molecule has 0 saturated heterocycles. The predicted octanol–water partition coefficient (Wildman–Crippen LogP) is 2.79. The molecule has 84 valence electrons. The normalized spacial score (nSPS) is 10.5. The van der Waals surface area contributed by atoms with Crippen LogP contribution in [-0.4, -0.2) is 11.1 Å². The number of halogens is 4. The molecule has 1 N–H and O–H groups in total. The van der Waals surface area contributed by atoms with E-state index in [1.54, 1.807) is 5.92 Å². The third-order valence-electron chi connectivity index (χ3n) is 1.59. The summed E-state index contributed by atoms with van der Waals surface area (Å²) in [6.45, 7) is 0. The zero-order valence-corrected chi connectivity index (χ0v) is 8.36. The SMILES string of the molecule is O=C(O)C#Cc1ccc(C(F)(F)F)c(Cl)c1. The monoisotopic (exact) mass is 248 g/mol. The second-order valence-corrected chi connectivity index (χ2v) is 3.15. The van der Waals surface area contributed by atoms with Gasteiger partial charge in [-0.1, -0.05) is 17.5 Å². The summed E-state index contributed by atoms with van der Waals surface area (Å²) in [6, 6.07) is 2.79. The molecular formula is C10H4ClF3O2. The molecule has 0 aromatic heterocycles. The molecule has 0 fully saturated rings. The average molecular weight is 249 g/mol. The smallest absolute Gasteiger partial charge is 0.417 e. The number of carbonyl (C=O) groups is 1. The number of aliphatic carboxylic acids is 1. The van der Waals surface area contributed by atoms with Crippen molar-refractivity contribution < 1.29 is 23.1 Å². The van der Waals surface area contributed by atoms with Crippen LogP contribution >= 0.6 is 11.6 Å². The van der Waals surface area contributed by atoms with Crippen molar-refractivity contribution in [1.29, 1.82) is 0 Å². The molecule has 1 rings (SSSR count). The van der Waals surface area contributed by atoms with Gasteiger partial charge in [-0.2, -0.15) is 13.2 Å². The van der Waals surface area contributed by atoms with Gasteiger partial charge in [-0.05, 0) is 18.2 Å². The van der Waals surface area contributed by atoms with Crippen LogP contribution < -0.4 is 0 Å². The summed E-state index contributed by atoms with van der Waals surface area (Å²) in [5, 5.41) is 7.73. The zero-order chi connectivity index (χ0) is 12.3. The fourth-order valence-corrected chi connectivity index (χ4v) is 1.24. The standard InChI is InChI=1S/C10H4ClF3O2/c11-8-5-6(2-4-9(15)16)1-3-7(8)10(12,13)14/h1,3,5H,(H,15,16). The predicted molar refractivity (Wildman–Crippen MR) is 51.0 cm³/mol. The maximum atomic E-state index is 12.3. The Hall–Kier alpha value is -1.67. The van der Waals surface area contributed by atoms with E-state index >= 15 is 0 Å². The number of hydrogen-bond acceptors (Lipinski definition) is 1. The van der Waals surface area contributed by atoms with Crippen LogP contribution in [-0.2, 0) is 11.0 Å². The number of alkyl halides is 3. The van der Waals surface area contributed by atoms with E-state index in [-0.39, 0.29) is 5.56 Å². The van der Waals surface area contributed by atoms with Crippen molar-refractivity contribution in [3.8, 4) is 11.8 Å². The molecule has 0 amide bonds. The Kier molecular flexibility index (Phi) is 3.45. The van der Waals surface area contributed by atoms with Gasteiger partial charge in [-0.25, -0.2) is 4.79 Å². The van der Waals surface area contributed by atoms with Gasteiger partial charge in [0.1, 0.15) is 0 Å². The number of benzene rings is 1. The number of hydrogen-bond donors (Lipinski definition) is 1. The van der Waals surface area contributed by atoms with Crippen LogP contribution in [0.3, 0.4) is 0 Å². The lowest BCUT2D eigenvalue weighted by molar-refractivity contribution is -0.137. The van der Waals surface area contributed by atoms with Crippen LogP contribution in [0.4, 0.5) is 13.2 Å². The summed E-state index contributed by atoms with van der Waals surface area (Å²) in [7, 11) is 0. The fourth-order valence-electron chi connectivity index (χ4n) is 0.948. The quantitative estimate of drug-likeness (QED) is 0.717. The maximum absolute atomic E-state index is 12.3. The molecule has 0 aliphatic heterocycles. The highest BCUT2D eigenvalue weighted by atomic mass is 35.5. The third-order valence-corrected chi connectivity index (χ3v) is 1.90. The van der Waals surface area contributed by atoms with E-state index in [1.807, 2.05) is 0 Å². The summed E-state index contributed by atoms with van der Waals surface area (Å²) in [5.74, 6) is 2.57. The van der Waals surface area contributed by atoms with Gasteiger partial charge >= 0.3 is 12.1 Å². The van der Waals surface area contributed by atoms with Crippen LogP contribution in [0.1, 0.15) is 11.1 Å². The number of carboxylic acid groups (broad SMARTS) is 1. The largest absolute Gasteiger partial charge is 0.472 e. The molecule has 0 bridgehead atoms. The minimum absolute atomic E-state index is 0.111. The van der Waals surface area contributed by atoms with E-state index in [9.17, 15) is 18.0 Å². The molecule has 0 aliphatic rings. The summed E-state index contributed by atoms with van der Waals surface area (Å²) < 4.78 is 36.8. The van der Waals surface area contributed by atoms with E-state index in [0.29, 0.717) is 0 Å². The van der Waals surface area contributed by atoms with Crippen molar-refractivity contribution in [3.05, 3.63) is 34.3 Å². The lowest BCUT2D eigenvalue weighted by Gasteiger charge is -2.08.